The third-order valence-corrected chi connectivity index (χ3v) is 2.76. The van der Waals surface area contributed by atoms with Crippen molar-refractivity contribution < 1.29 is 14.6 Å². The number of hydrogen-bond acceptors (Lipinski definition) is 3. The van der Waals surface area contributed by atoms with Gasteiger partial charge < -0.3 is 15.9 Å². The molecule has 1 aromatic rings. The summed E-state index contributed by atoms with van der Waals surface area (Å²) in [7, 11) is 0. The molecule has 5 heteroatoms. The largest absolute Gasteiger partial charge is 0.504 e. The zero-order valence-electron chi connectivity index (χ0n) is 8.51. The van der Waals surface area contributed by atoms with Crippen molar-refractivity contribution in [2.45, 2.75) is 25.8 Å². The first kappa shape index (κ1) is 12.3. The highest BCUT2D eigenvalue weighted by molar-refractivity contribution is 9.10. The fraction of sp³-hybridized carbons (Fsp3) is 0.400. The SMILES string of the molecule is CC(C)(N)Cc1c(O)c(O)cc(F)c1Br. The second-order valence-electron chi connectivity index (χ2n) is 4.18. The summed E-state index contributed by atoms with van der Waals surface area (Å²) in [5.74, 6) is -1.43. The van der Waals surface area contributed by atoms with Crippen molar-refractivity contribution in [2.75, 3.05) is 0 Å². The van der Waals surface area contributed by atoms with Gasteiger partial charge in [0.25, 0.3) is 0 Å². The molecule has 0 spiro atoms. The Labute approximate surface area is 95.9 Å². The third-order valence-electron chi connectivity index (χ3n) is 1.90. The van der Waals surface area contributed by atoms with E-state index in [-0.39, 0.29) is 22.2 Å². The van der Waals surface area contributed by atoms with Crippen LogP contribution in [0.4, 0.5) is 4.39 Å². The molecule has 0 bridgehead atoms. The Kier molecular flexibility index (Phi) is 3.25. The van der Waals surface area contributed by atoms with Crippen molar-refractivity contribution in [3.63, 3.8) is 0 Å². The van der Waals surface area contributed by atoms with E-state index in [0.29, 0.717) is 0 Å². The Hall–Kier alpha value is -0.810. The van der Waals surface area contributed by atoms with Crippen molar-refractivity contribution in [1.29, 1.82) is 0 Å². The first-order valence-corrected chi connectivity index (χ1v) is 5.19. The second-order valence-corrected chi connectivity index (χ2v) is 4.98. The minimum atomic E-state index is -0.621. The summed E-state index contributed by atoms with van der Waals surface area (Å²) in [4.78, 5) is 0. The van der Waals surface area contributed by atoms with E-state index in [4.69, 9.17) is 5.73 Å². The molecule has 0 saturated carbocycles. The van der Waals surface area contributed by atoms with Crippen LogP contribution in [0.25, 0.3) is 0 Å². The smallest absolute Gasteiger partial charge is 0.162 e. The van der Waals surface area contributed by atoms with Gasteiger partial charge in [-0.3, -0.25) is 0 Å². The van der Waals surface area contributed by atoms with Crippen LogP contribution in [-0.2, 0) is 6.42 Å². The standard InChI is InChI=1S/C10H13BrFNO2/c1-10(2,13)4-5-8(11)6(12)3-7(14)9(5)15/h3,14-15H,4,13H2,1-2H3. The van der Waals surface area contributed by atoms with Crippen LogP contribution in [0.2, 0.25) is 0 Å². The molecular formula is C10H13BrFNO2. The van der Waals surface area contributed by atoms with Gasteiger partial charge in [-0.2, -0.15) is 0 Å². The molecular weight excluding hydrogens is 265 g/mol. The first-order chi connectivity index (χ1) is 6.72. The van der Waals surface area contributed by atoms with E-state index in [2.05, 4.69) is 15.9 Å². The molecule has 0 aromatic heterocycles. The maximum absolute atomic E-state index is 13.2. The topological polar surface area (TPSA) is 66.5 Å². The molecule has 0 aliphatic rings. The lowest BCUT2D eigenvalue weighted by atomic mass is 9.95. The Morgan fingerprint density at radius 2 is 2.00 bits per heavy atom. The predicted octanol–water partition coefficient (Wildman–Crippen LogP) is 2.28. The van der Waals surface area contributed by atoms with Gasteiger partial charge >= 0.3 is 0 Å². The maximum atomic E-state index is 13.2. The zero-order chi connectivity index (χ0) is 11.8. The van der Waals surface area contributed by atoms with Gasteiger partial charge in [-0.05, 0) is 36.2 Å². The fourth-order valence-electron chi connectivity index (χ4n) is 1.27. The Balaban J connectivity index is 3.27. The molecule has 15 heavy (non-hydrogen) atoms. The van der Waals surface area contributed by atoms with E-state index in [0.717, 1.165) is 6.07 Å². The van der Waals surface area contributed by atoms with Gasteiger partial charge in [0.15, 0.2) is 11.5 Å². The highest BCUT2D eigenvalue weighted by atomic mass is 79.9. The molecule has 1 aromatic carbocycles. The van der Waals surface area contributed by atoms with Crippen molar-refractivity contribution in [1.82, 2.24) is 0 Å². The molecule has 0 aliphatic carbocycles. The lowest BCUT2D eigenvalue weighted by Crippen LogP contribution is -2.34. The van der Waals surface area contributed by atoms with Gasteiger partial charge in [-0.15, -0.1) is 0 Å². The van der Waals surface area contributed by atoms with Gasteiger partial charge in [0, 0.05) is 17.2 Å². The number of hydrogen-bond donors (Lipinski definition) is 3. The Morgan fingerprint density at radius 1 is 1.47 bits per heavy atom. The highest BCUT2D eigenvalue weighted by Crippen LogP contribution is 2.37. The van der Waals surface area contributed by atoms with Crippen LogP contribution in [0.5, 0.6) is 11.5 Å². The van der Waals surface area contributed by atoms with Gasteiger partial charge in [0.1, 0.15) is 5.82 Å². The van der Waals surface area contributed by atoms with Crippen molar-refractivity contribution >= 4 is 15.9 Å². The second kappa shape index (κ2) is 3.98. The molecule has 0 radical (unpaired) electrons. The molecule has 1 rings (SSSR count). The number of phenols is 2. The summed E-state index contributed by atoms with van der Waals surface area (Å²) in [6, 6.07) is 0.854. The van der Waals surface area contributed by atoms with Gasteiger partial charge in [0.05, 0.1) is 4.47 Å². The number of nitrogens with two attached hydrogens (primary N) is 1. The third kappa shape index (κ3) is 2.82. The highest BCUT2D eigenvalue weighted by Gasteiger charge is 2.21. The van der Waals surface area contributed by atoms with Crippen LogP contribution >= 0.6 is 15.9 Å². The van der Waals surface area contributed by atoms with E-state index in [9.17, 15) is 14.6 Å². The van der Waals surface area contributed by atoms with Gasteiger partial charge in [0.2, 0.25) is 0 Å². The molecule has 0 amide bonds. The number of benzene rings is 1. The number of aromatic hydroxyl groups is 2. The molecule has 0 fully saturated rings. The summed E-state index contributed by atoms with van der Waals surface area (Å²) in [5.41, 5.74) is 5.45. The molecule has 0 heterocycles. The van der Waals surface area contributed by atoms with Crippen molar-refractivity contribution in [2.24, 2.45) is 5.73 Å². The average Bonchev–Trinajstić information content (AvgIpc) is 2.08. The molecule has 4 N–H and O–H groups in total. The lowest BCUT2D eigenvalue weighted by molar-refractivity contribution is 0.388. The van der Waals surface area contributed by atoms with E-state index < -0.39 is 17.1 Å². The Bertz CT molecular complexity index is 362. The average molecular weight is 278 g/mol. The Morgan fingerprint density at radius 3 is 2.47 bits per heavy atom. The minimum absolute atomic E-state index is 0.135. The number of phenolic OH excluding ortho intramolecular Hbond substituents is 2. The normalized spacial score (nSPS) is 11.8. The quantitative estimate of drug-likeness (QED) is 0.727. The molecule has 0 aliphatic heterocycles. The van der Waals surface area contributed by atoms with Crippen molar-refractivity contribution in [3.8, 4) is 11.5 Å². The summed E-state index contributed by atoms with van der Waals surface area (Å²) >= 11 is 3.02. The molecule has 0 atom stereocenters. The molecule has 0 saturated heterocycles. The van der Waals surface area contributed by atoms with Gasteiger partial charge in [-0.1, -0.05) is 0 Å². The minimum Gasteiger partial charge on any atom is -0.504 e. The lowest BCUT2D eigenvalue weighted by Gasteiger charge is -2.20. The number of rotatable bonds is 2. The van der Waals surface area contributed by atoms with E-state index in [1.807, 2.05) is 0 Å². The summed E-state index contributed by atoms with van der Waals surface area (Å²) in [5, 5.41) is 18.8. The summed E-state index contributed by atoms with van der Waals surface area (Å²) in [6.07, 6.45) is 0.255. The summed E-state index contributed by atoms with van der Waals surface area (Å²) in [6.45, 7) is 3.50. The summed E-state index contributed by atoms with van der Waals surface area (Å²) < 4.78 is 13.4. The van der Waals surface area contributed by atoms with Crippen LogP contribution in [0.15, 0.2) is 10.5 Å². The van der Waals surface area contributed by atoms with Crippen LogP contribution in [-0.4, -0.2) is 15.8 Å². The molecule has 84 valence electrons. The first-order valence-electron chi connectivity index (χ1n) is 4.40. The van der Waals surface area contributed by atoms with E-state index >= 15 is 0 Å². The molecule has 0 unspecified atom stereocenters. The fourth-order valence-corrected chi connectivity index (χ4v) is 1.71. The van der Waals surface area contributed by atoms with Crippen LogP contribution in [0.1, 0.15) is 19.4 Å². The predicted molar refractivity (Wildman–Crippen MR) is 59.4 cm³/mol. The van der Waals surface area contributed by atoms with E-state index in [1.54, 1.807) is 13.8 Å². The number of halogens is 2. The van der Waals surface area contributed by atoms with Crippen LogP contribution < -0.4 is 5.73 Å². The maximum Gasteiger partial charge on any atom is 0.162 e. The molecule has 3 nitrogen and oxygen atoms in total. The van der Waals surface area contributed by atoms with Gasteiger partial charge in [-0.25, -0.2) is 4.39 Å². The van der Waals surface area contributed by atoms with Crippen LogP contribution in [0, 0.1) is 5.82 Å². The zero-order valence-corrected chi connectivity index (χ0v) is 10.1. The van der Waals surface area contributed by atoms with Crippen LogP contribution in [0.3, 0.4) is 0 Å². The van der Waals surface area contributed by atoms with E-state index in [1.165, 1.54) is 0 Å². The monoisotopic (exact) mass is 277 g/mol. The van der Waals surface area contributed by atoms with Crippen molar-refractivity contribution in [3.05, 3.63) is 21.9 Å².